The first-order valence-corrected chi connectivity index (χ1v) is 13.7. The average molecular weight is 501 g/mol. The highest BCUT2D eigenvalue weighted by atomic mass is 32.1. The van der Waals surface area contributed by atoms with Crippen molar-refractivity contribution < 1.29 is 0 Å². The van der Waals surface area contributed by atoms with Gasteiger partial charge in [0.25, 0.3) is 0 Å². The summed E-state index contributed by atoms with van der Waals surface area (Å²) >= 11 is 1.80. The van der Waals surface area contributed by atoms with E-state index in [1.807, 2.05) is 12.3 Å². The molecule has 0 aliphatic rings. The van der Waals surface area contributed by atoms with Crippen molar-refractivity contribution in [3.8, 4) is 5.69 Å². The third-order valence-corrected chi connectivity index (χ3v) is 9.18. The van der Waals surface area contributed by atoms with E-state index in [4.69, 9.17) is 0 Å². The van der Waals surface area contributed by atoms with Crippen LogP contribution in [0.3, 0.4) is 0 Å². The van der Waals surface area contributed by atoms with Crippen LogP contribution in [-0.2, 0) is 0 Å². The summed E-state index contributed by atoms with van der Waals surface area (Å²) in [5.74, 6) is 0. The van der Waals surface area contributed by atoms with Crippen molar-refractivity contribution in [1.29, 1.82) is 0 Å². The fraction of sp³-hybridized carbons (Fsp3) is 0. The van der Waals surface area contributed by atoms with Crippen LogP contribution in [0.1, 0.15) is 0 Å². The molecule has 0 spiro atoms. The molecule has 38 heavy (non-hydrogen) atoms. The van der Waals surface area contributed by atoms with Crippen LogP contribution in [0.5, 0.6) is 0 Å². The Bertz CT molecular complexity index is 2370. The highest BCUT2D eigenvalue weighted by molar-refractivity contribution is 7.26. The van der Waals surface area contributed by atoms with E-state index in [-0.39, 0.29) is 0 Å². The van der Waals surface area contributed by atoms with Crippen molar-refractivity contribution >= 4 is 85.8 Å². The van der Waals surface area contributed by atoms with E-state index >= 15 is 0 Å². The number of hydrogen-bond donors (Lipinski definition) is 0. The summed E-state index contributed by atoms with van der Waals surface area (Å²) in [6.45, 7) is 0. The average Bonchev–Trinajstić information content (AvgIpc) is 3.53. The first-order chi connectivity index (χ1) is 18.9. The molecule has 3 heterocycles. The van der Waals surface area contributed by atoms with Crippen LogP contribution in [0.2, 0.25) is 0 Å². The van der Waals surface area contributed by atoms with Crippen molar-refractivity contribution in [3.63, 3.8) is 0 Å². The van der Waals surface area contributed by atoms with Gasteiger partial charge in [-0.15, -0.1) is 11.3 Å². The number of thiophene rings is 1. The van der Waals surface area contributed by atoms with Gasteiger partial charge in [-0.1, -0.05) is 78.9 Å². The van der Waals surface area contributed by atoms with Crippen LogP contribution in [0, 0.1) is 0 Å². The number of fused-ring (bicyclic) bond motifs is 13. The summed E-state index contributed by atoms with van der Waals surface area (Å²) in [6.07, 6.45) is 1.89. The first-order valence-electron chi connectivity index (χ1n) is 12.9. The largest absolute Gasteiger partial charge is 0.309 e. The van der Waals surface area contributed by atoms with E-state index in [9.17, 15) is 0 Å². The minimum absolute atomic E-state index is 1.09. The van der Waals surface area contributed by atoms with Gasteiger partial charge < -0.3 is 4.57 Å². The topological polar surface area (TPSA) is 17.8 Å². The number of rotatable bonds is 1. The summed E-state index contributed by atoms with van der Waals surface area (Å²) in [5.41, 5.74) is 3.64. The SMILES string of the molecule is c1cnc2sc3c(ccc4c3c3ccccc3n4-c3ccc4c5ccccc5c5ccccc5c4c3)c2c1. The highest BCUT2D eigenvalue weighted by Gasteiger charge is 2.18. The minimum Gasteiger partial charge on any atom is -0.309 e. The lowest BCUT2D eigenvalue weighted by atomic mass is 9.94. The van der Waals surface area contributed by atoms with Gasteiger partial charge >= 0.3 is 0 Å². The van der Waals surface area contributed by atoms with E-state index in [1.165, 1.54) is 75.3 Å². The van der Waals surface area contributed by atoms with E-state index < -0.39 is 0 Å². The molecular formula is C35H20N2S. The van der Waals surface area contributed by atoms with Gasteiger partial charge in [0, 0.05) is 38.1 Å². The van der Waals surface area contributed by atoms with Gasteiger partial charge in [0.05, 0.1) is 11.0 Å². The van der Waals surface area contributed by atoms with Gasteiger partial charge in [0.1, 0.15) is 4.83 Å². The van der Waals surface area contributed by atoms with Gasteiger partial charge in [-0.3, -0.25) is 0 Å². The molecule has 3 aromatic heterocycles. The summed E-state index contributed by atoms with van der Waals surface area (Å²) in [6, 6.07) is 42.1. The molecule has 2 nitrogen and oxygen atoms in total. The molecule has 3 heteroatoms. The molecule has 9 aromatic rings. The predicted molar refractivity (Wildman–Crippen MR) is 164 cm³/mol. The summed E-state index contributed by atoms with van der Waals surface area (Å²) in [5, 5.41) is 12.9. The van der Waals surface area contributed by atoms with Gasteiger partial charge in [-0.05, 0) is 68.7 Å². The molecular weight excluding hydrogens is 480 g/mol. The van der Waals surface area contributed by atoms with E-state index in [2.05, 4.69) is 119 Å². The van der Waals surface area contributed by atoms with E-state index in [0.717, 1.165) is 4.83 Å². The number of nitrogens with zero attached hydrogens (tertiary/aromatic N) is 2. The van der Waals surface area contributed by atoms with Gasteiger partial charge in [0.2, 0.25) is 0 Å². The van der Waals surface area contributed by atoms with Crippen LogP contribution in [0.15, 0.2) is 121 Å². The Morgan fingerprint density at radius 1 is 0.474 bits per heavy atom. The molecule has 0 saturated heterocycles. The maximum atomic E-state index is 4.67. The molecule has 0 aliphatic carbocycles. The van der Waals surface area contributed by atoms with E-state index in [1.54, 1.807) is 11.3 Å². The zero-order chi connectivity index (χ0) is 24.8. The van der Waals surface area contributed by atoms with Crippen molar-refractivity contribution in [2.24, 2.45) is 0 Å². The van der Waals surface area contributed by atoms with Crippen molar-refractivity contribution in [3.05, 3.63) is 121 Å². The van der Waals surface area contributed by atoms with Crippen molar-refractivity contribution in [2.75, 3.05) is 0 Å². The first kappa shape index (κ1) is 20.3. The van der Waals surface area contributed by atoms with Crippen LogP contribution in [-0.4, -0.2) is 9.55 Å². The van der Waals surface area contributed by atoms with Gasteiger partial charge in [-0.25, -0.2) is 4.98 Å². The van der Waals surface area contributed by atoms with Gasteiger partial charge in [-0.2, -0.15) is 0 Å². The second kappa shape index (κ2) is 7.41. The Labute approximate surface area is 222 Å². The predicted octanol–water partition coefficient (Wildman–Crippen LogP) is 10.0. The van der Waals surface area contributed by atoms with Crippen LogP contribution in [0.25, 0.3) is 80.1 Å². The molecule has 176 valence electrons. The third kappa shape index (κ3) is 2.59. The molecule has 0 N–H and O–H groups in total. The lowest BCUT2D eigenvalue weighted by Gasteiger charge is -2.13. The molecule has 9 rings (SSSR count). The van der Waals surface area contributed by atoms with Crippen molar-refractivity contribution in [2.45, 2.75) is 0 Å². The highest BCUT2D eigenvalue weighted by Crippen LogP contribution is 2.43. The van der Waals surface area contributed by atoms with Crippen LogP contribution >= 0.6 is 11.3 Å². The minimum atomic E-state index is 1.09. The van der Waals surface area contributed by atoms with Crippen molar-refractivity contribution in [1.82, 2.24) is 9.55 Å². The molecule has 0 unspecified atom stereocenters. The Kier molecular flexibility index (Phi) is 3.96. The monoisotopic (exact) mass is 500 g/mol. The Morgan fingerprint density at radius 3 is 1.84 bits per heavy atom. The number of pyridine rings is 1. The zero-order valence-electron chi connectivity index (χ0n) is 20.3. The summed E-state index contributed by atoms with van der Waals surface area (Å²) in [7, 11) is 0. The molecule has 6 aromatic carbocycles. The number of benzene rings is 6. The molecule has 0 bridgehead atoms. The summed E-state index contributed by atoms with van der Waals surface area (Å²) in [4.78, 5) is 5.76. The molecule has 0 saturated carbocycles. The maximum Gasteiger partial charge on any atom is 0.124 e. The molecule has 0 fully saturated rings. The Hall–Kier alpha value is -4.73. The normalized spacial score (nSPS) is 12.2. The molecule has 0 atom stereocenters. The molecule has 0 radical (unpaired) electrons. The maximum absolute atomic E-state index is 4.67. The second-order valence-corrected chi connectivity index (χ2v) is 11.0. The Morgan fingerprint density at radius 2 is 1.08 bits per heavy atom. The lowest BCUT2D eigenvalue weighted by Crippen LogP contribution is -1.94. The summed E-state index contributed by atoms with van der Waals surface area (Å²) < 4.78 is 3.74. The fourth-order valence-corrected chi connectivity index (χ4v) is 7.63. The quantitative estimate of drug-likeness (QED) is 0.205. The number of para-hydroxylation sites is 1. The van der Waals surface area contributed by atoms with Crippen LogP contribution in [0.4, 0.5) is 0 Å². The standard InChI is InChI=1S/C35H20N2S/c1-2-10-24-22(8-1)23-9-3-4-11-25(23)30-20-21(15-16-26(24)30)37-31-14-6-5-12-29(31)33-32(37)18-17-27-28-13-7-19-36-35(28)38-34(27)33/h1-20H. The third-order valence-electron chi connectivity index (χ3n) is 8.04. The second-order valence-electron chi connectivity index (χ2n) is 9.97. The van der Waals surface area contributed by atoms with Crippen LogP contribution < -0.4 is 0 Å². The number of hydrogen-bond acceptors (Lipinski definition) is 2. The Balaban J connectivity index is 1.44. The molecule has 0 aliphatic heterocycles. The van der Waals surface area contributed by atoms with Gasteiger partial charge in [0.15, 0.2) is 0 Å². The lowest BCUT2D eigenvalue weighted by molar-refractivity contribution is 1.19. The molecule has 0 amide bonds. The fourth-order valence-electron chi connectivity index (χ4n) is 6.43. The smallest absolute Gasteiger partial charge is 0.124 e. The number of aromatic nitrogens is 2. The van der Waals surface area contributed by atoms with E-state index in [0.29, 0.717) is 0 Å². The zero-order valence-corrected chi connectivity index (χ0v) is 21.2.